The highest BCUT2D eigenvalue weighted by atomic mass is 32.1. The van der Waals surface area contributed by atoms with E-state index in [4.69, 9.17) is 0 Å². The molecule has 0 N–H and O–H groups in total. The van der Waals surface area contributed by atoms with E-state index in [9.17, 15) is 9.59 Å². The first-order chi connectivity index (χ1) is 11.5. The van der Waals surface area contributed by atoms with Crippen LogP contribution in [0.5, 0.6) is 0 Å². The number of anilines is 1. The predicted octanol–water partition coefficient (Wildman–Crippen LogP) is 2.22. The lowest BCUT2D eigenvalue weighted by Crippen LogP contribution is -2.43. The lowest BCUT2D eigenvalue weighted by Gasteiger charge is -2.25. The molecule has 3 heterocycles. The van der Waals surface area contributed by atoms with Crippen molar-refractivity contribution < 1.29 is 9.59 Å². The van der Waals surface area contributed by atoms with E-state index in [1.807, 2.05) is 16.3 Å². The quantitative estimate of drug-likeness (QED) is 0.837. The number of likely N-dealkylation sites (tertiary alicyclic amines) is 1. The van der Waals surface area contributed by atoms with E-state index in [2.05, 4.69) is 25.9 Å². The van der Waals surface area contributed by atoms with Gasteiger partial charge in [0, 0.05) is 30.4 Å². The molecule has 1 aromatic rings. The van der Waals surface area contributed by atoms with E-state index in [-0.39, 0.29) is 18.4 Å². The Morgan fingerprint density at radius 1 is 1.33 bits per heavy atom. The summed E-state index contributed by atoms with van der Waals surface area (Å²) >= 11 is 1.69. The Hall–Kier alpha value is -1.40. The summed E-state index contributed by atoms with van der Waals surface area (Å²) < 4.78 is 0. The molecule has 0 aliphatic carbocycles. The third-order valence-electron chi connectivity index (χ3n) is 5.35. The van der Waals surface area contributed by atoms with Gasteiger partial charge in [-0.2, -0.15) is 0 Å². The number of carbonyl (C=O) groups excluding carboxylic acids is 2. The summed E-state index contributed by atoms with van der Waals surface area (Å²) in [5.74, 6) is 0.668. The van der Waals surface area contributed by atoms with Gasteiger partial charge in [-0.15, -0.1) is 11.3 Å². The maximum atomic E-state index is 12.8. The van der Waals surface area contributed by atoms with Gasteiger partial charge in [0.05, 0.1) is 5.69 Å². The standard InChI is InChI=1S/C18H27N3O2S/c1-4-13-10-20(11-15(13)19(2)3)18(23)12-21-14-8-9-24-16(14)6-5-7-17(21)22/h8-9,13,15H,4-7,10-12H2,1-3H3/t13-,15+/m0/s1. The molecule has 5 nitrogen and oxygen atoms in total. The van der Waals surface area contributed by atoms with Crippen molar-refractivity contribution in [3.63, 3.8) is 0 Å². The van der Waals surface area contributed by atoms with Crippen LogP contribution in [0.1, 0.15) is 31.1 Å². The zero-order valence-electron chi connectivity index (χ0n) is 14.8. The second kappa shape index (κ2) is 7.23. The van der Waals surface area contributed by atoms with Crippen LogP contribution in [0.4, 0.5) is 5.69 Å². The van der Waals surface area contributed by atoms with Crippen LogP contribution >= 0.6 is 11.3 Å². The Morgan fingerprint density at radius 2 is 2.12 bits per heavy atom. The molecule has 0 spiro atoms. The molecule has 6 heteroatoms. The molecule has 132 valence electrons. The highest BCUT2D eigenvalue weighted by Gasteiger charge is 2.36. The van der Waals surface area contributed by atoms with E-state index in [0.29, 0.717) is 18.4 Å². The van der Waals surface area contributed by atoms with E-state index in [1.54, 1.807) is 16.2 Å². The largest absolute Gasteiger partial charge is 0.339 e. The van der Waals surface area contributed by atoms with Gasteiger partial charge in [0.1, 0.15) is 6.54 Å². The zero-order valence-corrected chi connectivity index (χ0v) is 15.6. The lowest BCUT2D eigenvalue weighted by atomic mass is 10.0. The summed E-state index contributed by atoms with van der Waals surface area (Å²) in [4.78, 5) is 32.4. The molecular formula is C18H27N3O2S. The molecule has 0 bridgehead atoms. The van der Waals surface area contributed by atoms with Gasteiger partial charge in [0.25, 0.3) is 0 Å². The van der Waals surface area contributed by atoms with E-state index < -0.39 is 0 Å². The molecule has 2 atom stereocenters. The maximum absolute atomic E-state index is 12.8. The number of nitrogens with zero attached hydrogens (tertiary/aromatic N) is 3. The van der Waals surface area contributed by atoms with Gasteiger partial charge in [-0.3, -0.25) is 9.59 Å². The van der Waals surface area contributed by atoms with Crippen LogP contribution in [0.15, 0.2) is 11.4 Å². The SMILES string of the molecule is CC[C@H]1CN(C(=O)CN2C(=O)CCCc3sccc32)C[C@H]1N(C)C. The minimum absolute atomic E-state index is 0.0743. The van der Waals surface area contributed by atoms with Crippen molar-refractivity contribution in [2.75, 3.05) is 38.6 Å². The van der Waals surface area contributed by atoms with E-state index in [1.165, 1.54) is 4.88 Å². The number of hydrogen-bond acceptors (Lipinski definition) is 4. The van der Waals surface area contributed by atoms with Crippen molar-refractivity contribution in [3.05, 3.63) is 16.3 Å². The molecule has 2 amide bonds. The number of rotatable bonds is 4. The predicted molar refractivity (Wildman–Crippen MR) is 97.4 cm³/mol. The Labute approximate surface area is 148 Å². The summed E-state index contributed by atoms with van der Waals surface area (Å²) in [5, 5.41) is 2.02. The molecule has 2 aliphatic rings. The summed E-state index contributed by atoms with van der Waals surface area (Å²) in [5.41, 5.74) is 0.950. The molecule has 1 saturated heterocycles. The first-order valence-corrected chi connectivity index (χ1v) is 9.70. The summed E-state index contributed by atoms with van der Waals surface area (Å²) in [6.07, 6.45) is 3.42. The van der Waals surface area contributed by atoms with Gasteiger partial charge in [0.2, 0.25) is 11.8 Å². The Balaban J connectivity index is 1.72. The van der Waals surface area contributed by atoms with Crippen LogP contribution in [0.2, 0.25) is 0 Å². The Kier molecular flexibility index (Phi) is 5.25. The van der Waals surface area contributed by atoms with E-state index >= 15 is 0 Å². The molecule has 0 aromatic carbocycles. The van der Waals surface area contributed by atoms with Gasteiger partial charge >= 0.3 is 0 Å². The molecule has 0 saturated carbocycles. The molecule has 1 aromatic heterocycles. The average Bonchev–Trinajstić information content (AvgIpc) is 3.16. The number of aryl methyl sites for hydroxylation is 1. The third-order valence-corrected chi connectivity index (χ3v) is 6.32. The molecule has 2 aliphatic heterocycles. The first kappa shape index (κ1) is 17.4. The van der Waals surface area contributed by atoms with Gasteiger partial charge in [-0.05, 0) is 44.3 Å². The van der Waals surface area contributed by atoms with Crippen molar-refractivity contribution in [2.45, 2.75) is 38.6 Å². The molecule has 1 fully saturated rings. The molecule has 3 rings (SSSR count). The second-order valence-electron chi connectivity index (χ2n) is 7.06. The van der Waals surface area contributed by atoms with Crippen LogP contribution in [0.25, 0.3) is 0 Å². The highest BCUT2D eigenvalue weighted by molar-refractivity contribution is 7.10. The van der Waals surface area contributed by atoms with Crippen LogP contribution in [0.3, 0.4) is 0 Å². The van der Waals surface area contributed by atoms with Crippen LogP contribution in [-0.4, -0.2) is 61.4 Å². The topological polar surface area (TPSA) is 43.9 Å². The van der Waals surface area contributed by atoms with Crippen molar-refractivity contribution in [1.82, 2.24) is 9.80 Å². The number of amides is 2. The Morgan fingerprint density at radius 3 is 2.79 bits per heavy atom. The smallest absolute Gasteiger partial charge is 0.242 e. The average molecular weight is 350 g/mol. The molecule has 24 heavy (non-hydrogen) atoms. The molecule has 0 radical (unpaired) electrons. The van der Waals surface area contributed by atoms with E-state index in [0.717, 1.165) is 38.0 Å². The molecular weight excluding hydrogens is 322 g/mol. The van der Waals surface area contributed by atoms with Crippen molar-refractivity contribution >= 4 is 28.8 Å². The summed E-state index contributed by atoms with van der Waals surface area (Å²) in [6, 6.07) is 2.40. The number of likely N-dealkylation sites (N-methyl/N-ethyl adjacent to an activating group) is 1. The highest BCUT2D eigenvalue weighted by Crippen LogP contribution is 2.32. The number of hydrogen-bond donors (Lipinski definition) is 0. The fraction of sp³-hybridized carbons (Fsp3) is 0.667. The maximum Gasteiger partial charge on any atom is 0.242 e. The minimum Gasteiger partial charge on any atom is -0.339 e. The van der Waals surface area contributed by atoms with Gasteiger partial charge in [0.15, 0.2) is 0 Å². The zero-order chi connectivity index (χ0) is 17.3. The van der Waals surface area contributed by atoms with Crippen molar-refractivity contribution in [2.24, 2.45) is 5.92 Å². The fourth-order valence-corrected chi connectivity index (χ4v) is 4.81. The minimum atomic E-state index is 0.0743. The molecule has 0 unspecified atom stereocenters. The third kappa shape index (κ3) is 3.35. The first-order valence-electron chi connectivity index (χ1n) is 8.82. The van der Waals surface area contributed by atoms with Crippen LogP contribution < -0.4 is 4.90 Å². The number of carbonyl (C=O) groups is 2. The number of fused-ring (bicyclic) bond motifs is 1. The summed E-state index contributed by atoms with van der Waals surface area (Å²) in [6.45, 7) is 3.93. The van der Waals surface area contributed by atoms with Crippen molar-refractivity contribution in [3.8, 4) is 0 Å². The number of thiophene rings is 1. The second-order valence-corrected chi connectivity index (χ2v) is 8.06. The van der Waals surface area contributed by atoms with Crippen LogP contribution in [-0.2, 0) is 16.0 Å². The van der Waals surface area contributed by atoms with Crippen molar-refractivity contribution in [1.29, 1.82) is 0 Å². The fourth-order valence-electron chi connectivity index (χ4n) is 3.88. The van der Waals surface area contributed by atoms with Gasteiger partial charge in [-0.25, -0.2) is 0 Å². The summed E-state index contributed by atoms with van der Waals surface area (Å²) in [7, 11) is 4.16. The normalized spacial score (nSPS) is 24.4. The monoisotopic (exact) mass is 349 g/mol. The van der Waals surface area contributed by atoms with Gasteiger partial charge < -0.3 is 14.7 Å². The lowest BCUT2D eigenvalue weighted by molar-refractivity contribution is -0.130. The Bertz CT molecular complexity index is 613. The van der Waals surface area contributed by atoms with Crippen LogP contribution in [0, 0.1) is 5.92 Å². The van der Waals surface area contributed by atoms with Gasteiger partial charge in [-0.1, -0.05) is 13.3 Å².